The van der Waals surface area contributed by atoms with Gasteiger partial charge in [0, 0.05) is 46.0 Å². The van der Waals surface area contributed by atoms with Crippen LogP contribution in [0.5, 0.6) is 0 Å². The van der Waals surface area contributed by atoms with Crippen molar-refractivity contribution >= 4 is 51.5 Å². The highest BCUT2D eigenvalue weighted by Gasteiger charge is 2.20. The predicted molar refractivity (Wildman–Crippen MR) is 129 cm³/mol. The molecule has 1 aliphatic heterocycles. The lowest BCUT2D eigenvalue weighted by atomic mass is 10.2. The van der Waals surface area contributed by atoms with Crippen molar-refractivity contribution in [2.45, 2.75) is 6.54 Å². The van der Waals surface area contributed by atoms with E-state index in [2.05, 4.69) is 29.8 Å². The summed E-state index contributed by atoms with van der Waals surface area (Å²) in [4.78, 5) is 13.3. The van der Waals surface area contributed by atoms with Crippen molar-refractivity contribution in [3.05, 3.63) is 54.2 Å². The highest BCUT2D eigenvalue weighted by atomic mass is 127. The molecule has 2 heterocycles. The number of hydrogen-bond donors (Lipinski definition) is 2. The average molecular weight is 530 g/mol. The molecule has 0 amide bonds. The Balaban J connectivity index is 0.00000300. The van der Waals surface area contributed by atoms with Crippen molar-refractivity contribution in [3.8, 4) is 0 Å². The van der Waals surface area contributed by atoms with Crippen LogP contribution < -0.4 is 14.9 Å². The predicted octanol–water partition coefficient (Wildman–Crippen LogP) is 1.97. The minimum atomic E-state index is -3.33. The van der Waals surface area contributed by atoms with Gasteiger partial charge in [-0.25, -0.2) is 13.4 Å². The average Bonchev–Trinajstić information content (AvgIpc) is 2.70. The Hall–Kier alpha value is -2.08. The molecule has 1 aromatic carbocycles. The lowest BCUT2D eigenvalue weighted by Crippen LogP contribution is -2.52. The second-order valence-corrected chi connectivity index (χ2v) is 8.34. The van der Waals surface area contributed by atoms with E-state index in [0.717, 1.165) is 49.8 Å². The second-order valence-electron chi connectivity index (χ2n) is 6.59. The quantitative estimate of drug-likeness (QED) is 0.349. The van der Waals surface area contributed by atoms with Crippen LogP contribution in [0.2, 0.25) is 0 Å². The zero-order valence-electron chi connectivity index (χ0n) is 16.6. The summed E-state index contributed by atoms with van der Waals surface area (Å²) < 4.78 is 25.7. The summed E-state index contributed by atoms with van der Waals surface area (Å²) in [5, 5.41) is 3.34. The number of aromatic nitrogens is 1. The molecule has 1 aromatic heterocycles. The number of para-hydroxylation sites is 1. The van der Waals surface area contributed by atoms with Crippen molar-refractivity contribution < 1.29 is 8.42 Å². The van der Waals surface area contributed by atoms with E-state index in [1.165, 1.54) is 0 Å². The fourth-order valence-electron chi connectivity index (χ4n) is 3.17. The number of pyridine rings is 1. The molecule has 158 valence electrons. The van der Waals surface area contributed by atoms with Crippen LogP contribution in [0.1, 0.15) is 5.56 Å². The highest BCUT2D eigenvalue weighted by molar-refractivity contribution is 14.0. The van der Waals surface area contributed by atoms with Crippen LogP contribution in [-0.2, 0) is 16.6 Å². The summed E-state index contributed by atoms with van der Waals surface area (Å²) in [6.45, 7) is 3.87. The van der Waals surface area contributed by atoms with Gasteiger partial charge >= 0.3 is 0 Å². The molecule has 1 saturated heterocycles. The van der Waals surface area contributed by atoms with Gasteiger partial charge in [0.2, 0.25) is 10.0 Å². The minimum absolute atomic E-state index is 0. The van der Waals surface area contributed by atoms with Gasteiger partial charge in [-0.1, -0.05) is 24.3 Å². The summed E-state index contributed by atoms with van der Waals surface area (Å²) in [7, 11) is -1.57. The molecular weight excluding hydrogens is 503 g/mol. The van der Waals surface area contributed by atoms with Crippen molar-refractivity contribution in [1.82, 2.24) is 15.2 Å². The van der Waals surface area contributed by atoms with Gasteiger partial charge in [0.25, 0.3) is 0 Å². The number of benzene rings is 1. The first-order valence-electron chi connectivity index (χ1n) is 9.13. The van der Waals surface area contributed by atoms with Gasteiger partial charge in [0.15, 0.2) is 5.96 Å². The number of aliphatic imine (C=N–C) groups is 1. The summed E-state index contributed by atoms with van der Waals surface area (Å²) in [6, 6.07) is 13.3. The van der Waals surface area contributed by atoms with Crippen LogP contribution in [0.3, 0.4) is 0 Å². The molecule has 0 atom stereocenters. The number of anilines is 2. The molecule has 0 spiro atoms. The molecule has 8 nitrogen and oxygen atoms in total. The number of halogens is 1. The van der Waals surface area contributed by atoms with Crippen molar-refractivity contribution in [1.29, 1.82) is 0 Å². The molecule has 0 bridgehead atoms. The van der Waals surface area contributed by atoms with Gasteiger partial charge in [-0.15, -0.1) is 24.0 Å². The zero-order valence-corrected chi connectivity index (χ0v) is 19.7. The number of rotatable bonds is 5. The molecule has 1 fully saturated rings. The molecule has 0 unspecified atom stereocenters. The molecule has 0 radical (unpaired) electrons. The van der Waals surface area contributed by atoms with E-state index in [1.807, 2.05) is 42.6 Å². The number of nitrogens with one attached hydrogen (secondary N) is 2. The smallest absolute Gasteiger partial charge is 0.229 e. The molecular formula is C19H27IN6O2S. The summed E-state index contributed by atoms with van der Waals surface area (Å²) in [5.41, 5.74) is 1.44. The lowest BCUT2D eigenvalue weighted by Gasteiger charge is -2.37. The first-order valence-corrected chi connectivity index (χ1v) is 11.0. The van der Waals surface area contributed by atoms with Crippen molar-refractivity contribution in [2.75, 3.05) is 49.1 Å². The molecule has 29 heavy (non-hydrogen) atoms. The summed E-state index contributed by atoms with van der Waals surface area (Å²) >= 11 is 0. The van der Waals surface area contributed by atoms with Gasteiger partial charge in [0.1, 0.15) is 5.82 Å². The van der Waals surface area contributed by atoms with Crippen LogP contribution in [0.25, 0.3) is 0 Å². The van der Waals surface area contributed by atoms with Crippen LogP contribution in [-0.4, -0.2) is 63.7 Å². The number of hydrogen-bond acceptors (Lipinski definition) is 5. The Labute approximate surface area is 189 Å². The van der Waals surface area contributed by atoms with E-state index < -0.39 is 10.0 Å². The van der Waals surface area contributed by atoms with Crippen LogP contribution in [0, 0.1) is 0 Å². The number of piperazine rings is 1. The Kier molecular flexibility index (Phi) is 8.50. The second kappa shape index (κ2) is 10.6. The Morgan fingerprint density at radius 2 is 1.79 bits per heavy atom. The standard InChI is InChI=1S/C19H26N6O2S.HI/c1-20-19(22-15-16-7-3-4-8-17(16)23-28(2,26)27)25-13-11-24(12-14-25)18-9-5-6-10-21-18;/h3-10,23H,11-15H2,1-2H3,(H,20,22);1H. The molecule has 2 aromatic rings. The minimum Gasteiger partial charge on any atom is -0.353 e. The van der Waals surface area contributed by atoms with Crippen LogP contribution >= 0.6 is 24.0 Å². The van der Waals surface area contributed by atoms with Gasteiger partial charge in [-0.2, -0.15) is 0 Å². The third-order valence-corrected chi connectivity index (χ3v) is 5.10. The van der Waals surface area contributed by atoms with Crippen LogP contribution in [0.15, 0.2) is 53.7 Å². The van der Waals surface area contributed by atoms with E-state index in [-0.39, 0.29) is 24.0 Å². The van der Waals surface area contributed by atoms with Gasteiger partial charge < -0.3 is 15.1 Å². The number of guanidine groups is 1. The van der Waals surface area contributed by atoms with Crippen LogP contribution in [0.4, 0.5) is 11.5 Å². The normalized spacial score (nSPS) is 14.9. The monoisotopic (exact) mass is 530 g/mol. The fraction of sp³-hybridized carbons (Fsp3) is 0.368. The van der Waals surface area contributed by atoms with Gasteiger partial charge in [-0.05, 0) is 23.8 Å². The third kappa shape index (κ3) is 6.74. The molecule has 0 saturated carbocycles. The zero-order chi connectivity index (χ0) is 20.0. The van der Waals surface area contributed by atoms with E-state index >= 15 is 0 Å². The maximum absolute atomic E-state index is 11.6. The Bertz CT molecular complexity index is 915. The molecule has 10 heteroatoms. The van der Waals surface area contributed by atoms with Crippen molar-refractivity contribution in [3.63, 3.8) is 0 Å². The van der Waals surface area contributed by atoms with E-state index in [0.29, 0.717) is 12.2 Å². The van der Waals surface area contributed by atoms with E-state index in [9.17, 15) is 8.42 Å². The Morgan fingerprint density at radius 3 is 2.41 bits per heavy atom. The third-order valence-electron chi connectivity index (χ3n) is 4.51. The number of nitrogens with zero attached hydrogens (tertiary/aromatic N) is 4. The summed E-state index contributed by atoms with van der Waals surface area (Å²) in [6.07, 6.45) is 2.96. The molecule has 3 rings (SSSR count). The lowest BCUT2D eigenvalue weighted by molar-refractivity contribution is 0.371. The van der Waals surface area contributed by atoms with E-state index in [4.69, 9.17) is 0 Å². The fourth-order valence-corrected chi connectivity index (χ4v) is 3.77. The summed E-state index contributed by atoms with van der Waals surface area (Å²) in [5.74, 6) is 1.79. The highest BCUT2D eigenvalue weighted by Crippen LogP contribution is 2.17. The first kappa shape index (κ1) is 23.2. The van der Waals surface area contributed by atoms with Crippen molar-refractivity contribution in [2.24, 2.45) is 4.99 Å². The molecule has 2 N–H and O–H groups in total. The SMILES string of the molecule is CN=C(NCc1ccccc1NS(C)(=O)=O)N1CCN(c2ccccn2)CC1.I. The van der Waals surface area contributed by atoms with E-state index in [1.54, 1.807) is 13.1 Å². The van der Waals surface area contributed by atoms with Gasteiger partial charge in [0.05, 0.1) is 11.9 Å². The number of sulfonamides is 1. The molecule has 0 aliphatic carbocycles. The topological polar surface area (TPSA) is 89.9 Å². The Morgan fingerprint density at radius 1 is 1.10 bits per heavy atom. The maximum Gasteiger partial charge on any atom is 0.229 e. The van der Waals surface area contributed by atoms with Gasteiger partial charge in [-0.3, -0.25) is 9.71 Å². The molecule has 1 aliphatic rings. The first-order chi connectivity index (χ1) is 13.5. The largest absolute Gasteiger partial charge is 0.353 e. The maximum atomic E-state index is 11.6.